The number of hydrogen-bond acceptors (Lipinski definition) is 2. The lowest BCUT2D eigenvalue weighted by Crippen LogP contribution is -2.42. The van der Waals surface area contributed by atoms with Gasteiger partial charge in [-0.05, 0) is 68.4 Å². The Balaban J connectivity index is 1.62. The number of nitrogens with one attached hydrogen (secondary N) is 1. The van der Waals surface area contributed by atoms with Gasteiger partial charge in [0.1, 0.15) is 5.82 Å². The number of rotatable bonds is 3. The van der Waals surface area contributed by atoms with Crippen molar-refractivity contribution in [3.8, 4) is 0 Å². The maximum absolute atomic E-state index is 13.7. The first-order valence-electron chi connectivity index (χ1n) is 7.77. The van der Waals surface area contributed by atoms with Crippen LogP contribution in [-0.2, 0) is 6.42 Å². The predicted molar refractivity (Wildman–Crippen MR) is 80.3 cm³/mol. The van der Waals surface area contributed by atoms with Crippen LogP contribution in [0.15, 0.2) is 18.2 Å². The molecule has 0 spiro atoms. The van der Waals surface area contributed by atoms with Gasteiger partial charge in [0.15, 0.2) is 0 Å². The summed E-state index contributed by atoms with van der Waals surface area (Å²) in [4.78, 5) is 2.40. The minimum Gasteiger partial charge on any atom is -0.309 e. The summed E-state index contributed by atoms with van der Waals surface area (Å²) in [6.07, 6.45) is 4.41. The SMILES string of the molecule is CN1CCC(C)(CNC2CCc3c(F)cccc32)CC1. The normalized spacial score (nSPS) is 25.6. The molecule has 3 heteroatoms. The van der Waals surface area contributed by atoms with Crippen molar-refractivity contribution in [2.24, 2.45) is 5.41 Å². The molecule has 2 nitrogen and oxygen atoms in total. The van der Waals surface area contributed by atoms with Crippen LogP contribution in [0.25, 0.3) is 0 Å². The number of halogens is 1. The smallest absolute Gasteiger partial charge is 0.126 e. The Labute approximate surface area is 121 Å². The lowest BCUT2D eigenvalue weighted by molar-refractivity contribution is 0.133. The zero-order valence-corrected chi connectivity index (χ0v) is 12.6. The van der Waals surface area contributed by atoms with Crippen molar-refractivity contribution < 1.29 is 4.39 Å². The molecule has 1 saturated heterocycles. The van der Waals surface area contributed by atoms with Crippen molar-refractivity contribution >= 4 is 0 Å². The molecular formula is C17H25FN2. The molecule has 0 aromatic heterocycles. The summed E-state index contributed by atoms with van der Waals surface area (Å²) in [7, 11) is 2.20. The monoisotopic (exact) mass is 276 g/mol. The summed E-state index contributed by atoms with van der Waals surface area (Å²) in [5.41, 5.74) is 2.50. The van der Waals surface area contributed by atoms with Crippen LogP contribution in [0.2, 0.25) is 0 Å². The molecule has 1 atom stereocenters. The molecule has 1 aliphatic heterocycles. The third-order valence-electron chi connectivity index (χ3n) is 5.18. The second-order valence-corrected chi connectivity index (χ2v) is 6.89. The number of piperidine rings is 1. The maximum Gasteiger partial charge on any atom is 0.126 e. The van der Waals surface area contributed by atoms with E-state index in [1.807, 2.05) is 6.07 Å². The van der Waals surface area contributed by atoms with Crippen LogP contribution in [0, 0.1) is 11.2 Å². The molecule has 2 aliphatic rings. The van der Waals surface area contributed by atoms with E-state index in [1.165, 1.54) is 31.5 Å². The van der Waals surface area contributed by atoms with Crippen molar-refractivity contribution in [3.63, 3.8) is 0 Å². The number of hydrogen-bond donors (Lipinski definition) is 1. The van der Waals surface area contributed by atoms with Gasteiger partial charge >= 0.3 is 0 Å². The molecule has 0 saturated carbocycles. The lowest BCUT2D eigenvalue weighted by Gasteiger charge is -2.38. The van der Waals surface area contributed by atoms with Gasteiger partial charge in [0.25, 0.3) is 0 Å². The number of fused-ring (bicyclic) bond motifs is 1. The van der Waals surface area contributed by atoms with Gasteiger partial charge in [-0.2, -0.15) is 0 Å². The molecule has 1 aromatic carbocycles. The summed E-state index contributed by atoms with van der Waals surface area (Å²) >= 11 is 0. The summed E-state index contributed by atoms with van der Waals surface area (Å²) in [6, 6.07) is 5.85. The van der Waals surface area contributed by atoms with E-state index in [0.717, 1.165) is 24.9 Å². The summed E-state index contributed by atoms with van der Waals surface area (Å²) in [5, 5.41) is 3.70. The Bertz CT molecular complexity index is 478. The first-order valence-corrected chi connectivity index (χ1v) is 7.77. The fourth-order valence-electron chi connectivity index (χ4n) is 3.53. The van der Waals surface area contributed by atoms with Crippen molar-refractivity contribution in [2.45, 2.75) is 38.6 Å². The Kier molecular flexibility index (Phi) is 3.83. The van der Waals surface area contributed by atoms with E-state index in [-0.39, 0.29) is 5.82 Å². The van der Waals surface area contributed by atoms with Crippen LogP contribution in [0.1, 0.15) is 43.4 Å². The Morgan fingerprint density at radius 1 is 1.35 bits per heavy atom. The zero-order valence-electron chi connectivity index (χ0n) is 12.6. The molecule has 1 N–H and O–H groups in total. The molecule has 110 valence electrons. The topological polar surface area (TPSA) is 15.3 Å². The predicted octanol–water partition coefficient (Wildman–Crippen LogP) is 3.13. The molecule has 20 heavy (non-hydrogen) atoms. The van der Waals surface area contributed by atoms with Crippen molar-refractivity contribution in [1.29, 1.82) is 0 Å². The highest BCUT2D eigenvalue weighted by Crippen LogP contribution is 2.35. The van der Waals surface area contributed by atoms with Gasteiger partial charge in [-0.3, -0.25) is 0 Å². The van der Waals surface area contributed by atoms with Gasteiger partial charge in [0.2, 0.25) is 0 Å². The van der Waals surface area contributed by atoms with Gasteiger partial charge < -0.3 is 10.2 Å². The molecule has 0 bridgehead atoms. The second kappa shape index (κ2) is 5.45. The summed E-state index contributed by atoms with van der Waals surface area (Å²) < 4.78 is 13.7. The van der Waals surface area contributed by atoms with E-state index >= 15 is 0 Å². The van der Waals surface area contributed by atoms with Crippen LogP contribution < -0.4 is 5.32 Å². The van der Waals surface area contributed by atoms with Gasteiger partial charge in [0.05, 0.1) is 0 Å². The van der Waals surface area contributed by atoms with Gasteiger partial charge in [0, 0.05) is 12.6 Å². The zero-order chi connectivity index (χ0) is 14.2. The third-order valence-corrected chi connectivity index (χ3v) is 5.18. The maximum atomic E-state index is 13.7. The first kappa shape index (κ1) is 14.0. The number of likely N-dealkylation sites (tertiary alicyclic amines) is 1. The standard InChI is InChI=1S/C17H25FN2/c1-17(8-10-20(2)11-9-17)12-19-16-7-6-13-14(16)4-3-5-15(13)18/h3-5,16,19H,6-12H2,1-2H3. The van der Waals surface area contributed by atoms with Crippen LogP contribution in [0.3, 0.4) is 0 Å². The second-order valence-electron chi connectivity index (χ2n) is 6.89. The average molecular weight is 276 g/mol. The lowest BCUT2D eigenvalue weighted by atomic mass is 9.80. The van der Waals surface area contributed by atoms with Crippen molar-refractivity contribution in [1.82, 2.24) is 10.2 Å². The fraction of sp³-hybridized carbons (Fsp3) is 0.647. The van der Waals surface area contributed by atoms with Crippen LogP contribution in [-0.4, -0.2) is 31.6 Å². The molecule has 1 fully saturated rings. The molecule has 1 heterocycles. The Morgan fingerprint density at radius 3 is 2.85 bits per heavy atom. The summed E-state index contributed by atoms with van der Waals surface area (Å²) in [5.74, 6) is -0.0303. The van der Waals surface area contributed by atoms with E-state index in [1.54, 1.807) is 6.07 Å². The minimum absolute atomic E-state index is 0.0303. The molecular weight excluding hydrogens is 251 g/mol. The van der Waals surface area contributed by atoms with Crippen LogP contribution >= 0.6 is 0 Å². The highest BCUT2D eigenvalue weighted by Gasteiger charge is 2.31. The van der Waals surface area contributed by atoms with Crippen molar-refractivity contribution in [2.75, 3.05) is 26.7 Å². The molecule has 3 rings (SSSR count). The highest BCUT2D eigenvalue weighted by molar-refractivity contribution is 5.35. The largest absolute Gasteiger partial charge is 0.309 e. The van der Waals surface area contributed by atoms with E-state index in [2.05, 4.69) is 30.3 Å². The van der Waals surface area contributed by atoms with E-state index in [4.69, 9.17) is 0 Å². The number of nitrogens with zero attached hydrogens (tertiary/aromatic N) is 1. The Morgan fingerprint density at radius 2 is 2.10 bits per heavy atom. The Hall–Kier alpha value is -0.930. The van der Waals surface area contributed by atoms with Gasteiger partial charge in [-0.15, -0.1) is 0 Å². The van der Waals surface area contributed by atoms with E-state index in [0.29, 0.717) is 11.5 Å². The van der Waals surface area contributed by atoms with Gasteiger partial charge in [-0.1, -0.05) is 19.1 Å². The van der Waals surface area contributed by atoms with E-state index in [9.17, 15) is 4.39 Å². The molecule has 1 unspecified atom stereocenters. The van der Waals surface area contributed by atoms with Crippen LogP contribution in [0.5, 0.6) is 0 Å². The number of benzene rings is 1. The first-order chi connectivity index (χ1) is 9.57. The highest BCUT2D eigenvalue weighted by atomic mass is 19.1. The van der Waals surface area contributed by atoms with Crippen molar-refractivity contribution in [3.05, 3.63) is 35.1 Å². The average Bonchev–Trinajstić information content (AvgIpc) is 2.85. The third kappa shape index (κ3) is 2.75. The fourth-order valence-corrected chi connectivity index (χ4v) is 3.53. The minimum atomic E-state index is -0.0303. The molecule has 1 aromatic rings. The molecule has 0 radical (unpaired) electrons. The quantitative estimate of drug-likeness (QED) is 0.912. The summed E-state index contributed by atoms with van der Waals surface area (Å²) in [6.45, 7) is 5.80. The van der Waals surface area contributed by atoms with Gasteiger partial charge in [-0.25, -0.2) is 4.39 Å². The molecule has 0 amide bonds. The van der Waals surface area contributed by atoms with E-state index < -0.39 is 0 Å². The van der Waals surface area contributed by atoms with Crippen LogP contribution in [0.4, 0.5) is 4.39 Å². The molecule has 1 aliphatic carbocycles.